The lowest BCUT2D eigenvalue weighted by atomic mass is 10.2. The lowest BCUT2D eigenvalue weighted by molar-refractivity contribution is -0.496. The van der Waals surface area contributed by atoms with Gasteiger partial charge in [0.1, 0.15) is 0 Å². The van der Waals surface area contributed by atoms with Crippen molar-refractivity contribution in [3.63, 3.8) is 0 Å². The van der Waals surface area contributed by atoms with Gasteiger partial charge in [-0.2, -0.15) is 8.42 Å². The number of hydrogen-bond donors (Lipinski definition) is 2. The third-order valence-corrected chi connectivity index (χ3v) is 1.15. The van der Waals surface area contributed by atoms with Crippen LogP contribution in [0.2, 0.25) is 0 Å². The fourth-order valence-electron chi connectivity index (χ4n) is 0.732. The zero-order valence-electron chi connectivity index (χ0n) is 7.48. The molecule has 0 aliphatic rings. The fourth-order valence-corrected chi connectivity index (χ4v) is 0.732. The molecule has 7 nitrogen and oxygen atoms in total. The lowest BCUT2D eigenvalue weighted by Crippen LogP contribution is -1.96. The maximum absolute atomic E-state index is 9.97. The Hall–Kier alpha value is -1.51. The average Bonchev–Trinajstić information content (AvgIpc) is 2.01. The van der Waals surface area contributed by atoms with Gasteiger partial charge in [-0.05, 0) is 0 Å². The molecule has 1 aromatic carbocycles. The van der Waals surface area contributed by atoms with E-state index in [1.54, 1.807) is 24.3 Å². The maximum atomic E-state index is 9.97. The number of nitro groups is 1. The molecule has 0 aliphatic carbocycles. The Morgan fingerprint density at radius 2 is 1.60 bits per heavy atom. The molecule has 0 spiro atoms. The second-order valence-electron chi connectivity index (χ2n) is 2.42. The summed E-state index contributed by atoms with van der Waals surface area (Å²) in [5, 5.41) is 9.97. The van der Waals surface area contributed by atoms with Gasteiger partial charge in [0.2, 0.25) is 6.54 Å². The molecule has 0 fully saturated rings. The molecule has 0 radical (unpaired) electrons. The summed E-state index contributed by atoms with van der Waals surface area (Å²) in [5.74, 6) is 0. The second-order valence-corrected chi connectivity index (χ2v) is 3.32. The number of benzene rings is 1. The number of rotatable bonds is 2. The summed E-state index contributed by atoms with van der Waals surface area (Å²) in [6, 6.07) is 8.90. The fraction of sp³-hybridized carbons (Fsp3) is 0.143. The second kappa shape index (κ2) is 6.06. The van der Waals surface area contributed by atoms with Crippen LogP contribution >= 0.6 is 0 Å². The molecule has 0 saturated carbocycles. The van der Waals surface area contributed by atoms with Crippen molar-refractivity contribution in [2.45, 2.75) is 6.54 Å². The molecule has 0 unspecified atom stereocenters. The monoisotopic (exact) mass is 235 g/mol. The zero-order valence-corrected chi connectivity index (χ0v) is 8.29. The summed E-state index contributed by atoms with van der Waals surface area (Å²) in [4.78, 5) is 9.64. The largest absolute Gasteiger partial charge is 0.394 e. The number of nitrogens with zero attached hydrogens (tertiary/aromatic N) is 1. The van der Waals surface area contributed by atoms with Crippen molar-refractivity contribution in [2.24, 2.45) is 0 Å². The van der Waals surface area contributed by atoms with Crippen molar-refractivity contribution < 1.29 is 22.4 Å². The van der Waals surface area contributed by atoms with Gasteiger partial charge in [0.15, 0.2) is 0 Å². The molecule has 0 aromatic heterocycles. The Morgan fingerprint density at radius 1 is 1.20 bits per heavy atom. The van der Waals surface area contributed by atoms with Gasteiger partial charge in [0, 0.05) is 10.5 Å². The predicted molar refractivity (Wildman–Crippen MR) is 51.3 cm³/mol. The van der Waals surface area contributed by atoms with E-state index >= 15 is 0 Å². The molecule has 0 saturated heterocycles. The van der Waals surface area contributed by atoms with Crippen molar-refractivity contribution >= 4 is 10.4 Å². The minimum Gasteiger partial charge on any atom is -0.264 e. The highest BCUT2D eigenvalue weighted by molar-refractivity contribution is 7.79. The minimum atomic E-state index is -4.67. The highest BCUT2D eigenvalue weighted by Gasteiger charge is 1.97. The molecule has 0 heterocycles. The van der Waals surface area contributed by atoms with E-state index in [4.69, 9.17) is 17.5 Å². The average molecular weight is 235 g/mol. The van der Waals surface area contributed by atoms with Crippen LogP contribution in [-0.2, 0) is 16.9 Å². The van der Waals surface area contributed by atoms with E-state index < -0.39 is 10.4 Å². The molecule has 1 rings (SSSR count). The standard InChI is InChI=1S/C7H7NO2.H2O4S/c9-8(10)6-7-4-2-1-3-5-7;1-5(2,3)4/h1-5H,6H2;(H2,1,2,3,4). The van der Waals surface area contributed by atoms with Crippen molar-refractivity contribution in [2.75, 3.05) is 0 Å². The first-order chi connectivity index (χ1) is 6.79. The highest BCUT2D eigenvalue weighted by atomic mass is 32.3. The molecule has 0 aliphatic heterocycles. The number of hydrogen-bond acceptors (Lipinski definition) is 4. The van der Waals surface area contributed by atoms with Crippen LogP contribution in [0.25, 0.3) is 0 Å². The topological polar surface area (TPSA) is 118 Å². The Labute approximate surface area is 86.1 Å². The quantitative estimate of drug-likeness (QED) is 0.445. The van der Waals surface area contributed by atoms with Gasteiger partial charge < -0.3 is 0 Å². The zero-order chi connectivity index (χ0) is 11.9. The summed E-state index contributed by atoms with van der Waals surface area (Å²) in [5.41, 5.74) is 0.743. The molecular weight excluding hydrogens is 226 g/mol. The van der Waals surface area contributed by atoms with Crippen LogP contribution < -0.4 is 0 Å². The van der Waals surface area contributed by atoms with Crippen molar-refractivity contribution in [3.8, 4) is 0 Å². The maximum Gasteiger partial charge on any atom is 0.394 e. The minimum absolute atomic E-state index is 0.0825. The smallest absolute Gasteiger partial charge is 0.264 e. The first-order valence-electron chi connectivity index (χ1n) is 3.64. The van der Waals surface area contributed by atoms with Crippen LogP contribution in [0.5, 0.6) is 0 Å². The molecule has 1 aromatic rings. The van der Waals surface area contributed by atoms with Crippen LogP contribution in [0, 0.1) is 10.1 Å². The van der Waals surface area contributed by atoms with Gasteiger partial charge >= 0.3 is 10.4 Å². The van der Waals surface area contributed by atoms with Gasteiger partial charge in [-0.3, -0.25) is 19.2 Å². The first-order valence-corrected chi connectivity index (χ1v) is 5.04. The summed E-state index contributed by atoms with van der Waals surface area (Å²) < 4.78 is 31.6. The van der Waals surface area contributed by atoms with Gasteiger partial charge in [0.05, 0.1) is 0 Å². The summed E-state index contributed by atoms with van der Waals surface area (Å²) in [6.45, 7) is -0.0825. The van der Waals surface area contributed by atoms with Crippen LogP contribution in [0.4, 0.5) is 0 Å². The van der Waals surface area contributed by atoms with E-state index in [1.807, 2.05) is 6.07 Å². The Morgan fingerprint density at radius 3 is 1.93 bits per heavy atom. The van der Waals surface area contributed by atoms with Gasteiger partial charge in [-0.15, -0.1) is 0 Å². The van der Waals surface area contributed by atoms with Crippen molar-refractivity contribution in [1.82, 2.24) is 0 Å². The molecule has 2 N–H and O–H groups in total. The molecule has 0 amide bonds. The van der Waals surface area contributed by atoms with E-state index in [0.29, 0.717) is 0 Å². The third-order valence-electron chi connectivity index (χ3n) is 1.15. The first kappa shape index (κ1) is 13.5. The highest BCUT2D eigenvalue weighted by Crippen LogP contribution is 1.98. The van der Waals surface area contributed by atoms with E-state index in [1.165, 1.54) is 0 Å². The van der Waals surface area contributed by atoms with Crippen molar-refractivity contribution in [1.29, 1.82) is 0 Å². The summed E-state index contributed by atoms with van der Waals surface area (Å²) >= 11 is 0. The Kier molecular flexibility index (Phi) is 5.45. The lowest BCUT2D eigenvalue weighted by Gasteiger charge is -1.90. The summed E-state index contributed by atoms with van der Waals surface area (Å²) in [7, 11) is -4.67. The van der Waals surface area contributed by atoms with Crippen molar-refractivity contribution in [3.05, 3.63) is 46.0 Å². The predicted octanol–water partition coefficient (Wildman–Crippen LogP) is 0.810. The van der Waals surface area contributed by atoms with Crippen LogP contribution in [-0.4, -0.2) is 22.4 Å². The molecule has 15 heavy (non-hydrogen) atoms. The van der Waals surface area contributed by atoms with E-state index in [9.17, 15) is 10.1 Å². The Balaban J connectivity index is 0.000000336. The van der Waals surface area contributed by atoms with Gasteiger partial charge in [0.25, 0.3) is 0 Å². The van der Waals surface area contributed by atoms with Gasteiger partial charge in [-0.25, -0.2) is 0 Å². The molecule has 0 atom stereocenters. The van der Waals surface area contributed by atoms with Crippen LogP contribution in [0.3, 0.4) is 0 Å². The molecular formula is C7H9NO6S. The van der Waals surface area contributed by atoms with Crippen LogP contribution in [0.15, 0.2) is 30.3 Å². The van der Waals surface area contributed by atoms with E-state index in [0.717, 1.165) is 5.56 Å². The molecule has 0 bridgehead atoms. The molecule has 8 heteroatoms. The van der Waals surface area contributed by atoms with Crippen LogP contribution in [0.1, 0.15) is 5.56 Å². The van der Waals surface area contributed by atoms with E-state index in [2.05, 4.69) is 0 Å². The third kappa shape index (κ3) is 12.5. The van der Waals surface area contributed by atoms with E-state index in [-0.39, 0.29) is 11.5 Å². The summed E-state index contributed by atoms with van der Waals surface area (Å²) in [6.07, 6.45) is 0. The Bertz CT molecular complexity index is 393. The normalized spacial score (nSPS) is 10.0. The SMILES string of the molecule is O=S(=O)(O)O.O=[N+]([O-])Cc1ccccc1. The molecule has 84 valence electrons. The van der Waals surface area contributed by atoms with Gasteiger partial charge in [-0.1, -0.05) is 30.3 Å².